The van der Waals surface area contributed by atoms with Crippen molar-refractivity contribution in [3.63, 3.8) is 0 Å². The summed E-state index contributed by atoms with van der Waals surface area (Å²) in [5, 5.41) is 3.40. The van der Waals surface area contributed by atoms with E-state index in [2.05, 4.69) is 64.6 Å². The molecule has 2 aromatic rings. The quantitative estimate of drug-likeness (QED) is 0.647. The molecular weight excluding hydrogens is 346 g/mol. The molecule has 21 heavy (non-hydrogen) atoms. The largest absolute Gasteiger partial charge is 0.494 e. The minimum absolute atomic E-state index is 0.334. The Balaban J connectivity index is 1.98. The van der Waals surface area contributed by atoms with Crippen molar-refractivity contribution in [3.05, 3.63) is 50.6 Å². The molecule has 2 nitrogen and oxygen atoms in total. The standard InChI is InChI=1S/C17H22BrNOS/c1-3-4-11-20-14-7-5-13(6-8-14)16(19-2)12-15-9-10-17(18)21-15/h5-10,16,19H,3-4,11-12H2,1-2H3. The highest BCUT2D eigenvalue weighted by Crippen LogP contribution is 2.27. The van der Waals surface area contributed by atoms with Gasteiger partial charge < -0.3 is 10.1 Å². The van der Waals surface area contributed by atoms with Gasteiger partial charge in [0.2, 0.25) is 0 Å². The predicted octanol–water partition coefficient (Wildman–Crippen LogP) is 5.19. The van der Waals surface area contributed by atoms with Crippen LogP contribution < -0.4 is 10.1 Å². The first-order valence-corrected chi connectivity index (χ1v) is 8.98. The third-order valence-corrected chi connectivity index (χ3v) is 5.08. The number of benzene rings is 1. The van der Waals surface area contributed by atoms with Crippen molar-refractivity contribution in [1.82, 2.24) is 5.32 Å². The molecule has 0 aliphatic heterocycles. The maximum absolute atomic E-state index is 5.71. The molecule has 114 valence electrons. The van der Waals surface area contributed by atoms with Gasteiger partial charge in [-0.3, -0.25) is 0 Å². The van der Waals surface area contributed by atoms with Crippen LogP contribution in [0.25, 0.3) is 0 Å². The Morgan fingerprint density at radius 2 is 1.95 bits per heavy atom. The number of thiophene rings is 1. The molecule has 0 aliphatic carbocycles. The fourth-order valence-electron chi connectivity index (χ4n) is 2.18. The van der Waals surface area contributed by atoms with Gasteiger partial charge in [-0.15, -0.1) is 11.3 Å². The highest BCUT2D eigenvalue weighted by atomic mass is 79.9. The lowest BCUT2D eigenvalue weighted by molar-refractivity contribution is 0.309. The van der Waals surface area contributed by atoms with Crippen LogP contribution in [-0.4, -0.2) is 13.7 Å². The Kier molecular flexibility index (Phi) is 6.74. The molecule has 0 amide bonds. The third-order valence-electron chi connectivity index (χ3n) is 3.43. The lowest BCUT2D eigenvalue weighted by atomic mass is 10.0. The number of likely N-dealkylation sites (N-methyl/N-ethyl adjacent to an activating group) is 1. The highest BCUT2D eigenvalue weighted by molar-refractivity contribution is 9.11. The van der Waals surface area contributed by atoms with E-state index in [-0.39, 0.29) is 0 Å². The minimum Gasteiger partial charge on any atom is -0.494 e. The normalized spacial score (nSPS) is 12.3. The molecular formula is C17H22BrNOS. The first-order valence-electron chi connectivity index (χ1n) is 7.37. The van der Waals surface area contributed by atoms with Crippen LogP contribution in [0.1, 0.15) is 36.2 Å². The van der Waals surface area contributed by atoms with Crippen molar-refractivity contribution in [2.75, 3.05) is 13.7 Å². The molecule has 1 atom stereocenters. The molecule has 0 saturated carbocycles. The average Bonchev–Trinajstić information content (AvgIpc) is 2.91. The van der Waals surface area contributed by atoms with Gasteiger partial charge in [0.25, 0.3) is 0 Å². The second kappa shape index (κ2) is 8.57. The topological polar surface area (TPSA) is 21.3 Å². The molecule has 4 heteroatoms. The predicted molar refractivity (Wildman–Crippen MR) is 94.4 cm³/mol. The Hall–Kier alpha value is -0.840. The van der Waals surface area contributed by atoms with Crippen LogP contribution >= 0.6 is 27.3 Å². The second-order valence-electron chi connectivity index (χ2n) is 5.02. The van der Waals surface area contributed by atoms with Crippen LogP contribution in [0.3, 0.4) is 0 Å². The zero-order valence-electron chi connectivity index (χ0n) is 12.6. The van der Waals surface area contributed by atoms with Crippen molar-refractivity contribution in [1.29, 1.82) is 0 Å². The first-order chi connectivity index (χ1) is 10.2. The third kappa shape index (κ3) is 5.13. The number of nitrogens with one attached hydrogen (secondary N) is 1. The van der Waals surface area contributed by atoms with Gasteiger partial charge in [0.05, 0.1) is 10.4 Å². The average molecular weight is 368 g/mol. The molecule has 2 rings (SSSR count). The molecule has 1 N–H and O–H groups in total. The van der Waals surface area contributed by atoms with Crippen LogP contribution in [0.5, 0.6) is 5.75 Å². The van der Waals surface area contributed by atoms with Crippen molar-refractivity contribution in [3.8, 4) is 5.75 Å². The molecule has 0 saturated heterocycles. The SMILES string of the molecule is CCCCOc1ccc(C(Cc2ccc(Br)s2)NC)cc1. The van der Waals surface area contributed by atoms with Gasteiger partial charge in [-0.25, -0.2) is 0 Å². The Morgan fingerprint density at radius 1 is 1.19 bits per heavy atom. The van der Waals surface area contributed by atoms with E-state index in [0.717, 1.165) is 31.6 Å². The van der Waals surface area contributed by atoms with E-state index in [1.807, 2.05) is 7.05 Å². The lowest BCUT2D eigenvalue weighted by Gasteiger charge is -2.16. The van der Waals surface area contributed by atoms with Crippen LogP contribution in [0.2, 0.25) is 0 Å². The van der Waals surface area contributed by atoms with E-state index in [0.29, 0.717) is 6.04 Å². The molecule has 0 fully saturated rings. The smallest absolute Gasteiger partial charge is 0.119 e. The summed E-state index contributed by atoms with van der Waals surface area (Å²) in [5.41, 5.74) is 1.30. The first kappa shape index (κ1) is 16.5. The lowest BCUT2D eigenvalue weighted by Crippen LogP contribution is -2.18. The van der Waals surface area contributed by atoms with Gasteiger partial charge in [-0.2, -0.15) is 0 Å². The monoisotopic (exact) mass is 367 g/mol. The summed E-state index contributed by atoms with van der Waals surface area (Å²) in [6.07, 6.45) is 3.27. The van der Waals surface area contributed by atoms with Gasteiger partial charge in [0, 0.05) is 17.3 Å². The zero-order valence-corrected chi connectivity index (χ0v) is 15.0. The summed E-state index contributed by atoms with van der Waals surface area (Å²) in [5.74, 6) is 0.959. The minimum atomic E-state index is 0.334. The van der Waals surface area contributed by atoms with Gasteiger partial charge >= 0.3 is 0 Å². The van der Waals surface area contributed by atoms with Crippen LogP contribution in [0.15, 0.2) is 40.2 Å². The van der Waals surface area contributed by atoms with Gasteiger partial charge in [0.15, 0.2) is 0 Å². The van der Waals surface area contributed by atoms with E-state index in [1.165, 1.54) is 14.2 Å². The molecule has 1 aromatic carbocycles. The van der Waals surface area contributed by atoms with Gasteiger partial charge in [-0.1, -0.05) is 25.5 Å². The molecule has 1 heterocycles. The summed E-state index contributed by atoms with van der Waals surface area (Å²) in [7, 11) is 2.01. The van der Waals surface area contributed by atoms with Crippen molar-refractivity contribution >= 4 is 27.3 Å². The number of rotatable bonds is 8. The molecule has 0 bridgehead atoms. The van der Waals surface area contributed by atoms with Crippen molar-refractivity contribution in [2.45, 2.75) is 32.2 Å². The number of halogens is 1. The molecule has 0 radical (unpaired) electrons. The zero-order chi connectivity index (χ0) is 15.1. The van der Waals surface area contributed by atoms with E-state index in [4.69, 9.17) is 4.74 Å². The van der Waals surface area contributed by atoms with Crippen molar-refractivity contribution < 1.29 is 4.74 Å². The Labute approximate surface area is 139 Å². The fourth-order valence-corrected chi connectivity index (χ4v) is 3.71. The van der Waals surface area contributed by atoms with Gasteiger partial charge in [0.1, 0.15) is 5.75 Å². The number of hydrogen-bond acceptors (Lipinski definition) is 3. The molecule has 0 spiro atoms. The van der Waals surface area contributed by atoms with E-state index < -0.39 is 0 Å². The van der Waals surface area contributed by atoms with Crippen molar-refractivity contribution in [2.24, 2.45) is 0 Å². The van der Waals surface area contributed by atoms with E-state index >= 15 is 0 Å². The summed E-state index contributed by atoms with van der Waals surface area (Å²) in [4.78, 5) is 1.38. The number of unbranched alkanes of at least 4 members (excludes halogenated alkanes) is 1. The van der Waals surface area contributed by atoms with Crippen LogP contribution in [0, 0.1) is 0 Å². The summed E-state index contributed by atoms with van der Waals surface area (Å²) in [6, 6.07) is 13.1. The summed E-state index contributed by atoms with van der Waals surface area (Å²) in [6.45, 7) is 2.97. The Morgan fingerprint density at radius 3 is 2.52 bits per heavy atom. The number of hydrogen-bond donors (Lipinski definition) is 1. The maximum atomic E-state index is 5.71. The van der Waals surface area contributed by atoms with E-state index in [1.54, 1.807) is 11.3 Å². The Bertz CT molecular complexity index is 538. The second-order valence-corrected chi connectivity index (χ2v) is 7.57. The fraction of sp³-hybridized carbons (Fsp3) is 0.412. The number of ether oxygens (including phenoxy) is 1. The molecule has 1 aromatic heterocycles. The summed E-state index contributed by atoms with van der Waals surface area (Å²) >= 11 is 5.32. The maximum Gasteiger partial charge on any atom is 0.119 e. The molecule has 1 unspecified atom stereocenters. The molecule has 0 aliphatic rings. The van der Waals surface area contributed by atoms with E-state index in [9.17, 15) is 0 Å². The van der Waals surface area contributed by atoms with Crippen LogP contribution in [0.4, 0.5) is 0 Å². The van der Waals surface area contributed by atoms with Crippen LogP contribution in [-0.2, 0) is 6.42 Å². The highest BCUT2D eigenvalue weighted by Gasteiger charge is 2.11. The van der Waals surface area contributed by atoms with Gasteiger partial charge in [-0.05, 0) is 59.2 Å². The summed E-state index contributed by atoms with van der Waals surface area (Å²) < 4.78 is 6.90.